The molecule has 0 fully saturated rings. The molecule has 0 saturated heterocycles. The molecule has 5 nitrogen and oxygen atoms in total. The van der Waals surface area contributed by atoms with Crippen LogP contribution in [0.4, 0.5) is 17.5 Å². The monoisotopic (exact) mass is 369 g/mol. The Bertz CT molecular complexity index is 792. The average Bonchev–Trinajstić information content (AvgIpc) is 2.53. The van der Waals surface area contributed by atoms with Gasteiger partial charge in [-0.2, -0.15) is 4.98 Å². The summed E-state index contributed by atoms with van der Waals surface area (Å²) in [6.45, 7) is 2.53. The van der Waals surface area contributed by atoms with E-state index in [4.69, 9.17) is 0 Å². The fourth-order valence-corrected chi connectivity index (χ4v) is 2.50. The Morgan fingerprint density at radius 2 is 1.96 bits per heavy atom. The van der Waals surface area contributed by atoms with Crippen molar-refractivity contribution in [3.8, 4) is 0 Å². The first kappa shape index (κ1) is 15.4. The van der Waals surface area contributed by atoms with E-state index in [0.717, 1.165) is 27.4 Å². The molecule has 0 aliphatic carbocycles. The lowest BCUT2D eigenvalue weighted by molar-refractivity contribution is 0.991. The SMILES string of the molecule is Cc1cc(Nc2cccc(Br)c2)nc(NCc2ccccn2)n1. The molecule has 3 aromatic rings. The van der Waals surface area contributed by atoms with Crippen molar-refractivity contribution in [2.45, 2.75) is 13.5 Å². The molecule has 0 amide bonds. The number of halogens is 1. The lowest BCUT2D eigenvalue weighted by Crippen LogP contribution is -2.07. The van der Waals surface area contributed by atoms with E-state index in [2.05, 4.69) is 41.5 Å². The molecule has 3 rings (SSSR count). The van der Waals surface area contributed by atoms with E-state index in [0.29, 0.717) is 12.5 Å². The summed E-state index contributed by atoms with van der Waals surface area (Å²) in [5, 5.41) is 6.49. The third-order valence-electron chi connectivity index (χ3n) is 3.11. The Hall–Kier alpha value is -2.47. The minimum absolute atomic E-state index is 0.577. The number of hydrogen-bond acceptors (Lipinski definition) is 5. The molecule has 2 heterocycles. The molecule has 1 aromatic carbocycles. The number of benzene rings is 1. The number of hydrogen-bond donors (Lipinski definition) is 2. The topological polar surface area (TPSA) is 62.7 Å². The van der Waals surface area contributed by atoms with Gasteiger partial charge in [0.15, 0.2) is 0 Å². The van der Waals surface area contributed by atoms with Crippen LogP contribution in [0.25, 0.3) is 0 Å². The number of rotatable bonds is 5. The van der Waals surface area contributed by atoms with Crippen LogP contribution < -0.4 is 10.6 Å². The third-order valence-corrected chi connectivity index (χ3v) is 3.60. The third kappa shape index (κ3) is 4.50. The Kier molecular flexibility index (Phi) is 4.83. The molecule has 2 N–H and O–H groups in total. The fourth-order valence-electron chi connectivity index (χ4n) is 2.10. The lowest BCUT2D eigenvalue weighted by atomic mass is 10.3. The minimum Gasteiger partial charge on any atom is -0.349 e. The first-order valence-corrected chi connectivity index (χ1v) is 8.00. The molecular weight excluding hydrogens is 354 g/mol. The molecule has 116 valence electrons. The largest absolute Gasteiger partial charge is 0.349 e. The van der Waals surface area contributed by atoms with Crippen molar-refractivity contribution >= 4 is 33.4 Å². The standard InChI is InChI=1S/C17H16BrN5/c1-12-9-16(22-14-7-4-5-13(18)10-14)23-17(21-12)20-11-15-6-2-3-8-19-15/h2-10H,11H2,1H3,(H2,20,21,22,23). The summed E-state index contributed by atoms with van der Waals surface area (Å²) in [7, 11) is 0. The van der Waals surface area contributed by atoms with Crippen LogP contribution in [0.5, 0.6) is 0 Å². The van der Waals surface area contributed by atoms with Crippen molar-refractivity contribution in [3.05, 3.63) is 70.6 Å². The molecular formula is C17H16BrN5. The predicted octanol–water partition coefficient (Wildman–Crippen LogP) is 4.30. The van der Waals surface area contributed by atoms with Gasteiger partial charge in [0.1, 0.15) is 5.82 Å². The van der Waals surface area contributed by atoms with Gasteiger partial charge in [-0.3, -0.25) is 4.98 Å². The van der Waals surface area contributed by atoms with Crippen LogP contribution in [-0.4, -0.2) is 15.0 Å². The summed E-state index contributed by atoms with van der Waals surface area (Å²) in [6, 6.07) is 15.7. The molecule has 6 heteroatoms. The normalized spacial score (nSPS) is 10.3. The highest BCUT2D eigenvalue weighted by atomic mass is 79.9. The average molecular weight is 370 g/mol. The van der Waals surface area contributed by atoms with Crippen LogP contribution in [0.2, 0.25) is 0 Å². The Morgan fingerprint density at radius 1 is 1.04 bits per heavy atom. The highest BCUT2D eigenvalue weighted by Crippen LogP contribution is 2.20. The second kappa shape index (κ2) is 7.19. The van der Waals surface area contributed by atoms with Crippen LogP contribution in [0.1, 0.15) is 11.4 Å². The van der Waals surface area contributed by atoms with Gasteiger partial charge in [-0.25, -0.2) is 4.98 Å². The molecule has 0 aliphatic rings. The second-order valence-electron chi connectivity index (χ2n) is 5.03. The van der Waals surface area contributed by atoms with Gasteiger partial charge >= 0.3 is 0 Å². The zero-order chi connectivity index (χ0) is 16.1. The van der Waals surface area contributed by atoms with E-state index in [1.807, 2.05) is 55.5 Å². The minimum atomic E-state index is 0.577. The van der Waals surface area contributed by atoms with E-state index >= 15 is 0 Å². The maximum atomic E-state index is 4.50. The lowest BCUT2D eigenvalue weighted by Gasteiger charge is -2.10. The van der Waals surface area contributed by atoms with Crippen LogP contribution in [0.3, 0.4) is 0 Å². The van der Waals surface area contributed by atoms with Gasteiger partial charge in [0.25, 0.3) is 0 Å². The van der Waals surface area contributed by atoms with Gasteiger partial charge in [-0.05, 0) is 37.3 Å². The molecule has 0 atom stereocenters. The van der Waals surface area contributed by atoms with E-state index < -0.39 is 0 Å². The molecule has 0 saturated carbocycles. The van der Waals surface area contributed by atoms with Crippen LogP contribution in [0.15, 0.2) is 59.2 Å². The van der Waals surface area contributed by atoms with E-state index in [9.17, 15) is 0 Å². The first-order valence-electron chi connectivity index (χ1n) is 7.21. The molecule has 0 bridgehead atoms. The van der Waals surface area contributed by atoms with Crippen molar-refractivity contribution < 1.29 is 0 Å². The molecule has 2 aromatic heterocycles. The number of nitrogens with zero attached hydrogens (tertiary/aromatic N) is 3. The Morgan fingerprint density at radius 3 is 2.74 bits per heavy atom. The summed E-state index contributed by atoms with van der Waals surface area (Å²) in [4.78, 5) is 13.2. The van der Waals surface area contributed by atoms with Crippen molar-refractivity contribution in [3.63, 3.8) is 0 Å². The maximum absolute atomic E-state index is 4.50. The molecule has 0 radical (unpaired) electrons. The number of pyridine rings is 1. The molecule has 0 aliphatic heterocycles. The first-order chi connectivity index (χ1) is 11.2. The number of aryl methyl sites for hydroxylation is 1. The zero-order valence-electron chi connectivity index (χ0n) is 12.6. The van der Waals surface area contributed by atoms with Gasteiger partial charge < -0.3 is 10.6 Å². The van der Waals surface area contributed by atoms with E-state index in [1.54, 1.807) is 6.20 Å². The molecule has 0 spiro atoms. The smallest absolute Gasteiger partial charge is 0.225 e. The summed E-state index contributed by atoms with van der Waals surface area (Å²) in [6.07, 6.45) is 1.77. The van der Waals surface area contributed by atoms with Gasteiger partial charge in [0.2, 0.25) is 5.95 Å². The van der Waals surface area contributed by atoms with Crippen LogP contribution >= 0.6 is 15.9 Å². The molecule has 23 heavy (non-hydrogen) atoms. The van der Waals surface area contributed by atoms with Gasteiger partial charge in [0.05, 0.1) is 12.2 Å². The van der Waals surface area contributed by atoms with E-state index in [1.165, 1.54) is 0 Å². The second-order valence-corrected chi connectivity index (χ2v) is 5.94. The number of nitrogens with one attached hydrogen (secondary N) is 2. The number of aromatic nitrogens is 3. The summed E-state index contributed by atoms with van der Waals surface area (Å²) >= 11 is 3.46. The zero-order valence-corrected chi connectivity index (χ0v) is 14.2. The van der Waals surface area contributed by atoms with Crippen molar-refractivity contribution in [2.75, 3.05) is 10.6 Å². The van der Waals surface area contributed by atoms with Crippen molar-refractivity contribution in [1.82, 2.24) is 15.0 Å². The van der Waals surface area contributed by atoms with E-state index in [-0.39, 0.29) is 0 Å². The maximum Gasteiger partial charge on any atom is 0.225 e. The fraction of sp³-hybridized carbons (Fsp3) is 0.118. The Balaban J connectivity index is 1.73. The van der Waals surface area contributed by atoms with Gasteiger partial charge in [-0.15, -0.1) is 0 Å². The summed E-state index contributed by atoms with van der Waals surface area (Å²) in [5.74, 6) is 1.33. The quantitative estimate of drug-likeness (QED) is 0.701. The van der Waals surface area contributed by atoms with Gasteiger partial charge in [0, 0.05) is 28.1 Å². The van der Waals surface area contributed by atoms with Crippen molar-refractivity contribution in [2.24, 2.45) is 0 Å². The summed E-state index contributed by atoms with van der Waals surface area (Å²) in [5.41, 5.74) is 2.80. The van der Waals surface area contributed by atoms with Crippen LogP contribution in [0, 0.1) is 6.92 Å². The van der Waals surface area contributed by atoms with Crippen LogP contribution in [-0.2, 0) is 6.54 Å². The van der Waals surface area contributed by atoms with Crippen molar-refractivity contribution in [1.29, 1.82) is 0 Å². The predicted molar refractivity (Wildman–Crippen MR) is 95.8 cm³/mol. The Labute approximate surface area is 143 Å². The van der Waals surface area contributed by atoms with Gasteiger partial charge in [-0.1, -0.05) is 28.1 Å². The molecule has 0 unspecified atom stereocenters. The highest BCUT2D eigenvalue weighted by Gasteiger charge is 2.04. The number of anilines is 3. The summed E-state index contributed by atoms with van der Waals surface area (Å²) < 4.78 is 1.02. The highest BCUT2D eigenvalue weighted by molar-refractivity contribution is 9.10.